The maximum absolute atomic E-state index is 11.3. The normalized spacial score (nSPS) is 10.8. The quantitative estimate of drug-likeness (QED) is 0.573. The Hall–Kier alpha value is -2.66. The summed E-state index contributed by atoms with van der Waals surface area (Å²) in [5.74, 6) is 0.347. The molecule has 2 N–H and O–H groups in total. The minimum atomic E-state index is -0.523. The van der Waals surface area contributed by atoms with E-state index in [4.69, 9.17) is 5.21 Å². The number of carbonyl (C=O) groups is 1. The number of nitrogens with one attached hydrogen (secondary N) is 1. The second-order valence-corrected chi connectivity index (χ2v) is 4.69. The van der Waals surface area contributed by atoms with E-state index in [0.717, 1.165) is 29.0 Å². The molecule has 0 aliphatic rings. The highest BCUT2D eigenvalue weighted by Crippen LogP contribution is 2.24. The third kappa shape index (κ3) is 2.28. The third-order valence-corrected chi connectivity index (χ3v) is 3.48. The van der Waals surface area contributed by atoms with Crippen LogP contribution < -0.4 is 5.48 Å². The fourth-order valence-corrected chi connectivity index (χ4v) is 2.45. The second kappa shape index (κ2) is 5.38. The molecule has 0 atom stereocenters. The Balaban J connectivity index is 2.09. The van der Waals surface area contributed by atoms with Crippen LogP contribution in [0.5, 0.6) is 0 Å². The standard InChI is InChI=1S/C16H15N3O2/c1-2-19-14-6-4-3-5-13(14)17-15(19)11-7-9-12(10-8-11)16(20)18-21/h3-10,21H,2H2,1H3,(H,18,20). The largest absolute Gasteiger partial charge is 0.324 e. The van der Waals surface area contributed by atoms with E-state index in [1.807, 2.05) is 36.4 Å². The zero-order valence-corrected chi connectivity index (χ0v) is 11.6. The Labute approximate surface area is 121 Å². The highest BCUT2D eigenvalue weighted by Gasteiger charge is 2.11. The van der Waals surface area contributed by atoms with Gasteiger partial charge < -0.3 is 4.57 Å². The molecule has 0 spiro atoms. The summed E-state index contributed by atoms with van der Waals surface area (Å²) in [7, 11) is 0. The lowest BCUT2D eigenvalue weighted by atomic mass is 10.1. The van der Waals surface area contributed by atoms with Crippen molar-refractivity contribution in [2.75, 3.05) is 0 Å². The fourth-order valence-electron chi connectivity index (χ4n) is 2.45. The zero-order chi connectivity index (χ0) is 14.8. The summed E-state index contributed by atoms with van der Waals surface area (Å²) in [6, 6.07) is 15.0. The molecule has 0 aliphatic carbocycles. The van der Waals surface area contributed by atoms with Crippen LogP contribution in [0.1, 0.15) is 17.3 Å². The van der Waals surface area contributed by atoms with Crippen molar-refractivity contribution in [3.05, 3.63) is 54.1 Å². The first-order chi connectivity index (χ1) is 10.2. The van der Waals surface area contributed by atoms with Crippen LogP contribution in [0.25, 0.3) is 22.4 Å². The van der Waals surface area contributed by atoms with Crippen LogP contribution in [0.4, 0.5) is 0 Å². The van der Waals surface area contributed by atoms with E-state index in [1.54, 1.807) is 17.6 Å². The van der Waals surface area contributed by atoms with Crippen molar-refractivity contribution in [3.8, 4) is 11.4 Å². The topological polar surface area (TPSA) is 67.2 Å². The van der Waals surface area contributed by atoms with Crippen LogP contribution in [0, 0.1) is 0 Å². The van der Waals surface area contributed by atoms with Gasteiger partial charge in [-0.25, -0.2) is 10.5 Å². The van der Waals surface area contributed by atoms with Crippen LogP contribution >= 0.6 is 0 Å². The molecule has 0 radical (unpaired) electrons. The lowest BCUT2D eigenvalue weighted by molar-refractivity contribution is 0.0706. The van der Waals surface area contributed by atoms with Gasteiger partial charge >= 0.3 is 0 Å². The zero-order valence-electron chi connectivity index (χ0n) is 11.6. The molecule has 0 unspecified atom stereocenters. The SMILES string of the molecule is CCn1c(-c2ccc(C(=O)NO)cc2)nc2ccccc21. The molecule has 2 aromatic carbocycles. The molecule has 0 aliphatic heterocycles. The summed E-state index contributed by atoms with van der Waals surface area (Å²) < 4.78 is 2.14. The molecule has 1 aromatic heterocycles. The monoisotopic (exact) mass is 281 g/mol. The molecule has 5 heteroatoms. The van der Waals surface area contributed by atoms with Crippen molar-refractivity contribution in [2.45, 2.75) is 13.5 Å². The molecule has 0 fully saturated rings. The van der Waals surface area contributed by atoms with Gasteiger partial charge in [0.1, 0.15) is 5.82 Å². The first kappa shape index (κ1) is 13.3. The second-order valence-electron chi connectivity index (χ2n) is 4.69. The Morgan fingerprint density at radius 1 is 1.19 bits per heavy atom. The molecular weight excluding hydrogens is 266 g/mol. The molecule has 0 saturated carbocycles. The van der Waals surface area contributed by atoms with Gasteiger partial charge in [-0.3, -0.25) is 10.0 Å². The average Bonchev–Trinajstić information content (AvgIpc) is 2.92. The Bertz CT molecular complexity index is 791. The smallest absolute Gasteiger partial charge is 0.274 e. The molecule has 106 valence electrons. The third-order valence-electron chi connectivity index (χ3n) is 3.48. The van der Waals surface area contributed by atoms with Crippen molar-refractivity contribution in [1.82, 2.24) is 15.0 Å². The Kier molecular flexibility index (Phi) is 3.41. The number of aromatic nitrogens is 2. The molecule has 0 bridgehead atoms. The van der Waals surface area contributed by atoms with E-state index in [2.05, 4.69) is 16.5 Å². The van der Waals surface area contributed by atoms with Crippen molar-refractivity contribution in [2.24, 2.45) is 0 Å². The molecule has 1 heterocycles. The predicted octanol–water partition coefficient (Wildman–Crippen LogP) is 2.84. The highest BCUT2D eigenvalue weighted by molar-refractivity contribution is 5.93. The van der Waals surface area contributed by atoms with E-state index >= 15 is 0 Å². The number of amides is 1. The summed E-state index contributed by atoms with van der Waals surface area (Å²) in [6.07, 6.45) is 0. The Morgan fingerprint density at radius 3 is 2.57 bits per heavy atom. The average molecular weight is 281 g/mol. The van der Waals surface area contributed by atoms with Crippen LogP contribution in [-0.2, 0) is 6.54 Å². The van der Waals surface area contributed by atoms with Gasteiger partial charge in [-0.05, 0) is 31.2 Å². The van der Waals surface area contributed by atoms with Gasteiger partial charge in [-0.1, -0.05) is 24.3 Å². The number of hydroxylamine groups is 1. The molecule has 3 rings (SSSR count). The maximum Gasteiger partial charge on any atom is 0.274 e. The molecular formula is C16H15N3O2. The summed E-state index contributed by atoms with van der Waals surface area (Å²) in [5.41, 5.74) is 5.00. The highest BCUT2D eigenvalue weighted by atomic mass is 16.5. The van der Waals surface area contributed by atoms with Crippen LogP contribution in [-0.4, -0.2) is 20.7 Å². The lowest BCUT2D eigenvalue weighted by Crippen LogP contribution is -2.18. The first-order valence-electron chi connectivity index (χ1n) is 6.74. The lowest BCUT2D eigenvalue weighted by Gasteiger charge is -2.06. The van der Waals surface area contributed by atoms with Crippen molar-refractivity contribution < 1.29 is 10.0 Å². The van der Waals surface area contributed by atoms with Crippen molar-refractivity contribution >= 4 is 16.9 Å². The maximum atomic E-state index is 11.3. The number of nitrogens with zero attached hydrogens (tertiary/aromatic N) is 2. The van der Waals surface area contributed by atoms with Gasteiger partial charge in [-0.15, -0.1) is 0 Å². The summed E-state index contributed by atoms with van der Waals surface area (Å²) in [5, 5.41) is 8.64. The number of fused-ring (bicyclic) bond motifs is 1. The number of aryl methyl sites for hydroxylation is 1. The number of benzene rings is 2. The molecule has 0 saturated heterocycles. The summed E-state index contributed by atoms with van der Waals surface area (Å²) >= 11 is 0. The van der Waals surface area contributed by atoms with E-state index < -0.39 is 5.91 Å². The fraction of sp³-hybridized carbons (Fsp3) is 0.125. The van der Waals surface area contributed by atoms with Gasteiger partial charge in [0.2, 0.25) is 0 Å². The van der Waals surface area contributed by atoms with Crippen LogP contribution in [0.15, 0.2) is 48.5 Å². The van der Waals surface area contributed by atoms with Crippen molar-refractivity contribution in [1.29, 1.82) is 0 Å². The summed E-state index contributed by atoms with van der Waals surface area (Å²) in [4.78, 5) is 16.0. The predicted molar refractivity (Wildman–Crippen MR) is 80.1 cm³/mol. The first-order valence-corrected chi connectivity index (χ1v) is 6.74. The van der Waals surface area contributed by atoms with E-state index in [0.29, 0.717) is 5.56 Å². The van der Waals surface area contributed by atoms with Crippen LogP contribution in [0.3, 0.4) is 0 Å². The van der Waals surface area contributed by atoms with Gasteiger partial charge in [0, 0.05) is 17.7 Å². The Morgan fingerprint density at radius 2 is 1.90 bits per heavy atom. The molecule has 1 amide bonds. The summed E-state index contributed by atoms with van der Waals surface area (Å²) in [6.45, 7) is 2.89. The number of para-hydroxylation sites is 2. The van der Waals surface area contributed by atoms with Crippen LogP contribution in [0.2, 0.25) is 0 Å². The van der Waals surface area contributed by atoms with Gasteiger partial charge in [0.25, 0.3) is 5.91 Å². The minimum Gasteiger partial charge on any atom is -0.324 e. The minimum absolute atomic E-state index is 0.403. The van der Waals surface area contributed by atoms with Gasteiger partial charge in [0.15, 0.2) is 0 Å². The molecule has 3 aromatic rings. The van der Waals surface area contributed by atoms with Gasteiger partial charge in [0.05, 0.1) is 11.0 Å². The number of imidazole rings is 1. The van der Waals surface area contributed by atoms with E-state index in [1.165, 1.54) is 0 Å². The number of hydrogen-bond acceptors (Lipinski definition) is 3. The number of rotatable bonds is 3. The molecule has 5 nitrogen and oxygen atoms in total. The van der Waals surface area contributed by atoms with E-state index in [9.17, 15) is 4.79 Å². The number of carbonyl (C=O) groups excluding carboxylic acids is 1. The van der Waals surface area contributed by atoms with Crippen molar-refractivity contribution in [3.63, 3.8) is 0 Å². The molecule has 21 heavy (non-hydrogen) atoms. The number of hydrogen-bond donors (Lipinski definition) is 2. The van der Waals surface area contributed by atoms with Gasteiger partial charge in [-0.2, -0.15) is 0 Å². The van der Waals surface area contributed by atoms with E-state index in [-0.39, 0.29) is 0 Å².